The van der Waals surface area contributed by atoms with Crippen LogP contribution >= 0.6 is 11.3 Å². The Morgan fingerprint density at radius 1 is 1.50 bits per heavy atom. The van der Waals surface area contributed by atoms with Crippen LogP contribution < -0.4 is 0 Å². The predicted molar refractivity (Wildman–Crippen MR) is 62.1 cm³/mol. The van der Waals surface area contributed by atoms with E-state index in [1.54, 1.807) is 11.3 Å². The quantitative estimate of drug-likeness (QED) is 0.915. The van der Waals surface area contributed by atoms with E-state index in [1.807, 2.05) is 16.8 Å². The van der Waals surface area contributed by atoms with Crippen molar-refractivity contribution in [2.75, 3.05) is 0 Å². The van der Waals surface area contributed by atoms with E-state index in [1.165, 1.54) is 0 Å². The van der Waals surface area contributed by atoms with Crippen LogP contribution in [-0.4, -0.2) is 27.3 Å². The Morgan fingerprint density at radius 2 is 2.39 bits per heavy atom. The van der Waals surface area contributed by atoms with Crippen molar-refractivity contribution in [3.05, 3.63) is 22.7 Å². The van der Waals surface area contributed by atoms with Gasteiger partial charge in [0.1, 0.15) is 6.10 Å². The molecule has 0 saturated carbocycles. The molecular weight excluding hydrogens is 256 g/mol. The molecule has 0 aromatic carbocycles. The maximum absolute atomic E-state index is 10.8. The maximum atomic E-state index is 10.8. The zero-order chi connectivity index (χ0) is 12.5. The second-order valence-electron chi connectivity index (χ2n) is 4.00. The highest BCUT2D eigenvalue weighted by molar-refractivity contribution is 7.08. The highest BCUT2D eigenvalue weighted by atomic mass is 32.1. The molecule has 1 aliphatic rings. The molecular formula is C11H10N2O4S. The van der Waals surface area contributed by atoms with Gasteiger partial charge in [-0.15, -0.1) is 0 Å². The van der Waals surface area contributed by atoms with Gasteiger partial charge in [0.15, 0.2) is 6.10 Å². The number of hydrogen-bond donors (Lipinski definition) is 1. The minimum atomic E-state index is -0.949. The summed E-state index contributed by atoms with van der Waals surface area (Å²) in [7, 11) is 0. The Balaban J connectivity index is 1.77. The smallest absolute Gasteiger partial charge is 0.332 e. The molecule has 6 nitrogen and oxygen atoms in total. The third kappa shape index (κ3) is 2.02. The molecule has 2 aromatic rings. The Kier molecular flexibility index (Phi) is 2.85. The van der Waals surface area contributed by atoms with Gasteiger partial charge in [-0.1, -0.05) is 5.16 Å². The molecule has 2 aromatic heterocycles. The van der Waals surface area contributed by atoms with Crippen LogP contribution in [0.2, 0.25) is 0 Å². The summed E-state index contributed by atoms with van der Waals surface area (Å²) in [6.45, 7) is 0. The van der Waals surface area contributed by atoms with Gasteiger partial charge >= 0.3 is 5.97 Å². The summed E-state index contributed by atoms with van der Waals surface area (Å²) in [6.07, 6.45) is -0.129. The molecule has 0 bridgehead atoms. The summed E-state index contributed by atoms with van der Waals surface area (Å²) in [6, 6.07) is 1.90. The van der Waals surface area contributed by atoms with Gasteiger partial charge in [-0.05, 0) is 24.3 Å². The fourth-order valence-electron chi connectivity index (χ4n) is 1.88. The molecule has 2 unspecified atom stereocenters. The largest absolute Gasteiger partial charge is 0.479 e. The van der Waals surface area contributed by atoms with E-state index in [-0.39, 0.29) is 0 Å². The van der Waals surface area contributed by atoms with Gasteiger partial charge < -0.3 is 14.4 Å². The fourth-order valence-corrected chi connectivity index (χ4v) is 2.51. The molecule has 1 N–H and O–H groups in total. The Labute approximate surface area is 106 Å². The molecule has 3 rings (SSSR count). The van der Waals surface area contributed by atoms with Crippen LogP contribution in [0.5, 0.6) is 0 Å². The molecule has 18 heavy (non-hydrogen) atoms. The molecule has 0 aliphatic carbocycles. The van der Waals surface area contributed by atoms with Gasteiger partial charge in [0, 0.05) is 10.9 Å². The van der Waals surface area contributed by atoms with Crippen molar-refractivity contribution in [3.63, 3.8) is 0 Å². The second kappa shape index (κ2) is 4.51. The van der Waals surface area contributed by atoms with Crippen molar-refractivity contribution in [2.24, 2.45) is 0 Å². The lowest BCUT2D eigenvalue weighted by Gasteiger charge is -2.05. The Bertz CT molecular complexity index is 551. The van der Waals surface area contributed by atoms with Gasteiger partial charge in [-0.2, -0.15) is 16.3 Å². The number of carboxylic acids is 1. The molecule has 1 aliphatic heterocycles. The van der Waals surface area contributed by atoms with Crippen LogP contribution in [0.1, 0.15) is 24.8 Å². The van der Waals surface area contributed by atoms with Crippen LogP contribution in [0.3, 0.4) is 0 Å². The second-order valence-corrected chi connectivity index (χ2v) is 4.78. The molecule has 0 spiro atoms. The molecule has 3 heterocycles. The minimum Gasteiger partial charge on any atom is -0.479 e. The summed E-state index contributed by atoms with van der Waals surface area (Å²) in [5.74, 6) is -0.0938. The topological polar surface area (TPSA) is 85.5 Å². The van der Waals surface area contributed by atoms with Gasteiger partial charge in [0.25, 0.3) is 5.89 Å². The number of aliphatic carboxylic acids is 1. The van der Waals surface area contributed by atoms with E-state index in [4.69, 9.17) is 14.4 Å². The van der Waals surface area contributed by atoms with E-state index < -0.39 is 18.2 Å². The lowest BCUT2D eigenvalue weighted by atomic mass is 10.2. The molecule has 94 valence electrons. The van der Waals surface area contributed by atoms with Gasteiger partial charge in [0.2, 0.25) is 5.82 Å². The lowest BCUT2D eigenvalue weighted by Crippen LogP contribution is -2.18. The SMILES string of the molecule is O=C(O)C1CCC(c2nc(-c3ccsc3)no2)O1. The summed E-state index contributed by atoms with van der Waals surface area (Å²) < 4.78 is 10.5. The van der Waals surface area contributed by atoms with Crippen molar-refractivity contribution in [2.45, 2.75) is 25.0 Å². The number of aromatic nitrogens is 2. The van der Waals surface area contributed by atoms with Gasteiger partial charge in [-0.3, -0.25) is 0 Å². The Hall–Kier alpha value is -1.73. The van der Waals surface area contributed by atoms with E-state index in [0.717, 1.165) is 5.56 Å². The lowest BCUT2D eigenvalue weighted by molar-refractivity contribution is -0.150. The summed E-state index contributed by atoms with van der Waals surface area (Å²) in [5, 5.41) is 16.6. The predicted octanol–water partition coefficient (Wildman–Crippen LogP) is 2.10. The molecule has 0 radical (unpaired) electrons. The summed E-state index contributed by atoms with van der Waals surface area (Å²) in [5.41, 5.74) is 0.891. The van der Waals surface area contributed by atoms with Gasteiger partial charge in [0.05, 0.1) is 0 Å². The zero-order valence-corrected chi connectivity index (χ0v) is 10.1. The first-order chi connectivity index (χ1) is 8.74. The van der Waals surface area contributed by atoms with Gasteiger partial charge in [-0.25, -0.2) is 4.79 Å². The zero-order valence-electron chi connectivity index (χ0n) is 9.28. The number of rotatable bonds is 3. The van der Waals surface area contributed by atoms with Crippen molar-refractivity contribution in [1.29, 1.82) is 0 Å². The van der Waals surface area contributed by atoms with Crippen LogP contribution in [0, 0.1) is 0 Å². The number of carbonyl (C=O) groups is 1. The fraction of sp³-hybridized carbons (Fsp3) is 0.364. The van der Waals surface area contributed by atoms with Crippen LogP contribution in [0.4, 0.5) is 0 Å². The minimum absolute atomic E-state index is 0.347. The third-order valence-electron chi connectivity index (χ3n) is 2.79. The molecule has 1 fully saturated rings. The van der Waals surface area contributed by atoms with Crippen molar-refractivity contribution in [3.8, 4) is 11.4 Å². The highest BCUT2D eigenvalue weighted by Gasteiger charge is 2.34. The molecule has 7 heteroatoms. The van der Waals surface area contributed by atoms with E-state index >= 15 is 0 Å². The normalized spacial score (nSPS) is 23.3. The van der Waals surface area contributed by atoms with Crippen LogP contribution in [0.25, 0.3) is 11.4 Å². The Morgan fingerprint density at radius 3 is 3.06 bits per heavy atom. The van der Waals surface area contributed by atoms with Crippen LogP contribution in [0.15, 0.2) is 21.3 Å². The summed E-state index contributed by atoms with van der Waals surface area (Å²) in [4.78, 5) is 15.0. The number of carboxylic acid groups (broad SMARTS) is 1. The number of nitrogens with zero attached hydrogens (tertiary/aromatic N) is 2. The number of ether oxygens (including phenoxy) is 1. The third-order valence-corrected chi connectivity index (χ3v) is 3.47. The number of hydrogen-bond acceptors (Lipinski definition) is 6. The average Bonchev–Trinajstić information content (AvgIpc) is 3.10. The first-order valence-electron chi connectivity index (χ1n) is 5.48. The molecule has 0 amide bonds. The van der Waals surface area contributed by atoms with E-state index in [9.17, 15) is 4.79 Å². The van der Waals surface area contributed by atoms with E-state index in [2.05, 4.69) is 10.1 Å². The molecule has 1 saturated heterocycles. The highest BCUT2D eigenvalue weighted by Crippen LogP contribution is 2.32. The van der Waals surface area contributed by atoms with E-state index in [0.29, 0.717) is 24.6 Å². The molecule has 2 atom stereocenters. The summed E-state index contributed by atoms with van der Waals surface area (Å²) >= 11 is 1.55. The first kappa shape index (κ1) is 11.4. The first-order valence-corrected chi connectivity index (χ1v) is 6.43. The number of thiophene rings is 1. The standard InChI is InChI=1S/C11H10N2O4S/c14-11(15)8-2-1-7(16-8)10-12-9(13-17-10)6-3-4-18-5-6/h3-5,7-8H,1-2H2,(H,14,15). The monoisotopic (exact) mass is 266 g/mol. The maximum Gasteiger partial charge on any atom is 0.332 e. The van der Waals surface area contributed by atoms with Crippen LogP contribution in [-0.2, 0) is 9.53 Å². The average molecular weight is 266 g/mol. The van der Waals surface area contributed by atoms with Crippen molar-refractivity contribution >= 4 is 17.3 Å². The van der Waals surface area contributed by atoms with Crippen molar-refractivity contribution in [1.82, 2.24) is 10.1 Å². The van der Waals surface area contributed by atoms with Crippen molar-refractivity contribution < 1.29 is 19.2 Å².